The zero-order chi connectivity index (χ0) is 11.8. The van der Waals surface area contributed by atoms with Gasteiger partial charge in [-0.25, -0.2) is 0 Å². The number of unbranched alkanes of at least 4 members (excludes halogenated alkanes) is 2. The van der Waals surface area contributed by atoms with Crippen molar-refractivity contribution in [3.63, 3.8) is 0 Å². The molecule has 2 N–H and O–H groups in total. The number of rotatable bonds is 5. The maximum absolute atomic E-state index is 11.5. The standard InChI is InChI=1S/C13H21NO2/c1-2-3-4-5-10-13(16)14-11-8-6-7-9-12(11)15/h1,11-12,15H,3-10H2,(H,14,16)/t11-,12-/m0/s1. The van der Waals surface area contributed by atoms with Gasteiger partial charge in [-0.15, -0.1) is 12.3 Å². The van der Waals surface area contributed by atoms with Crippen LogP contribution in [-0.4, -0.2) is 23.2 Å². The summed E-state index contributed by atoms with van der Waals surface area (Å²) in [5, 5.41) is 12.6. The Bertz CT molecular complexity index is 257. The molecule has 0 aromatic rings. The van der Waals surface area contributed by atoms with E-state index in [4.69, 9.17) is 6.42 Å². The number of carbonyl (C=O) groups excluding carboxylic acids is 1. The fourth-order valence-electron chi connectivity index (χ4n) is 2.07. The molecule has 0 aromatic carbocycles. The highest BCUT2D eigenvalue weighted by atomic mass is 16.3. The summed E-state index contributed by atoms with van der Waals surface area (Å²) < 4.78 is 0. The lowest BCUT2D eigenvalue weighted by atomic mass is 9.92. The van der Waals surface area contributed by atoms with Gasteiger partial charge in [-0.2, -0.15) is 0 Å². The van der Waals surface area contributed by atoms with E-state index in [9.17, 15) is 9.90 Å². The summed E-state index contributed by atoms with van der Waals surface area (Å²) in [4.78, 5) is 11.5. The highest BCUT2D eigenvalue weighted by Gasteiger charge is 2.23. The first-order chi connectivity index (χ1) is 7.74. The van der Waals surface area contributed by atoms with E-state index in [1.807, 2.05) is 0 Å². The third-order valence-corrected chi connectivity index (χ3v) is 3.05. The van der Waals surface area contributed by atoms with Crippen LogP contribution in [0.1, 0.15) is 51.4 Å². The molecule has 16 heavy (non-hydrogen) atoms. The van der Waals surface area contributed by atoms with Crippen LogP contribution in [0.15, 0.2) is 0 Å². The molecule has 0 bridgehead atoms. The highest BCUT2D eigenvalue weighted by Crippen LogP contribution is 2.18. The van der Waals surface area contributed by atoms with Crippen molar-refractivity contribution in [2.75, 3.05) is 0 Å². The second-order valence-electron chi connectivity index (χ2n) is 4.44. The van der Waals surface area contributed by atoms with E-state index < -0.39 is 0 Å². The molecule has 1 saturated carbocycles. The second kappa shape index (κ2) is 7.29. The number of carbonyl (C=O) groups is 1. The number of aliphatic hydroxyl groups excluding tert-OH is 1. The Labute approximate surface area is 97.6 Å². The average molecular weight is 223 g/mol. The molecule has 0 unspecified atom stereocenters. The summed E-state index contributed by atoms with van der Waals surface area (Å²) in [6, 6.07) is -0.0334. The molecule has 1 aliphatic rings. The first-order valence-electron chi connectivity index (χ1n) is 6.15. The van der Waals surface area contributed by atoms with E-state index >= 15 is 0 Å². The first kappa shape index (κ1) is 13.1. The van der Waals surface area contributed by atoms with Crippen molar-refractivity contribution in [3.8, 4) is 12.3 Å². The fourth-order valence-corrected chi connectivity index (χ4v) is 2.07. The maximum atomic E-state index is 11.5. The molecule has 0 aliphatic heterocycles. The average Bonchev–Trinajstić information content (AvgIpc) is 2.28. The van der Waals surface area contributed by atoms with Gasteiger partial charge in [-0.1, -0.05) is 12.8 Å². The lowest BCUT2D eigenvalue weighted by Crippen LogP contribution is -2.44. The van der Waals surface area contributed by atoms with E-state index in [2.05, 4.69) is 11.2 Å². The number of hydrogen-bond donors (Lipinski definition) is 2. The van der Waals surface area contributed by atoms with Crippen LogP contribution < -0.4 is 5.32 Å². The van der Waals surface area contributed by atoms with E-state index in [1.54, 1.807) is 0 Å². The highest BCUT2D eigenvalue weighted by molar-refractivity contribution is 5.76. The first-order valence-corrected chi connectivity index (χ1v) is 6.15. The zero-order valence-electron chi connectivity index (χ0n) is 9.74. The van der Waals surface area contributed by atoms with Crippen LogP contribution in [0.4, 0.5) is 0 Å². The Kier molecular flexibility index (Phi) is 5.95. The molecule has 0 aromatic heterocycles. The molecule has 1 fully saturated rings. The Hall–Kier alpha value is -1.01. The van der Waals surface area contributed by atoms with Gasteiger partial charge >= 0.3 is 0 Å². The van der Waals surface area contributed by atoms with Crippen molar-refractivity contribution in [3.05, 3.63) is 0 Å². The molecule has 0 radical (unpaired) electrons. The minimum Gasteiger partial charge on any atom is -0.391 e. The van der Waals surface area contributed by atoms with Crippen molar-refractivity contribution >= 4 is 5.91 Å². The fraction of sp³-hybridized carbons (Fsp3) is 0.769. The van der Waals surface area contributed by atoms with Crippen LogP contribution in [-0.2, 0) is 4.79 Å². The molecule has 1 aliphatic carbocycles. The van der Waals surface area contributed by atoms with Crippen molar-refractivity contribution in [2.24, 2.45) is 0 Å². The van der Waals surface area contributed by atoms with E-state index in [1.165, 1.54) is 0 Å². The summed E-state index contributed by atoms with van der Waals surface area (Å²) in [6.07, 6.45) is 11.6. The topological polar surface area (TPSA) is 49.3 Å². The Morgan fingerprint density at radius 2 is 2.12 bits per heavy atom. The van der Waals surface area contributed by atoms with Gasteiger partial charge in [0, 0.05) is 12.8 Å². The Morgan fingerprint density at radius 3 is 2.81 bits per heavy atom. The SMILES string of the molecule is C#CCCCCC(=O)N[C@H]1CCCC[C@@H]1O. The molecular formula is C13H21NO2. The van der Waals surface area contributed by atoms with Crippen LogP contribution in [0.3, 0.4) is 0 Å². The third-order valence-electron chi connectivity index (χ3n) is 3.05. The molecule has 3 nitrogen and oxygen atoms in total. The predicted molar refractivity (Wildman–Crippen MR) is 63.7 cm³/mol. The molecule has 2 atom stereocenters. The number of terminal acetylenes is 1. The van der Waals surface area contributed by atoms with Crippen molar-refractivity contribution in [1.29, 1.82) is 0 Å². The molecule has 1 amide bonds. The number of aliphatic hydroxyl groups is 1. The van der Waals surface area contributed by atoms with Crippen LogP contribution in [0.25, 0.3) is 0 Å². The van der Waals surface area contributed by atoms with Crippen LogP contribution in [0, 0.1) is 12.3 Å². The zero-order valence-corrected chi connectivity index (χ0v) is 9.74. The third kappa shape index (κ3) is 4.67. The number of amides is 1. The van der Waals surface area contributed by atoms with Crippen molar-refractivity contribution < 1.29 is 9.90 Å². The largest absolute Gasteiger partial charge is 0.391 e. The minimum atomic E-state index is -0.358. The quantitative estimate of drug-likeness (QED) is 0.549. The summed E-state index contributed by atoms with van der Waals surface area (Å²) in [6.45, 7) is 0. The van der Waals surface area contributed by atoms with Gasteiger partial charge < -0.3 is 10.4 Å². The Balaban J connectivity index is 2.15. The van der Waals surface area contributed by atoms with Gasteiger partial charge in [-0.05, 0) is 25.7 Å². The minimum absolute atomic E-state index is 0.0334. The summed E-state index contributed by atoms with van der Waals surface area (Å²) in [7, 11) is 0. The maximum Gasteiger partial charge on any atom is 0.220 e. The second-order valence-corrected chi connectivity index (χ2v) is 4.44. The summed E-state index contributed by atoms with van der Waals surface area (Å²) in [5.41, 5.74) is 0. The van der Waals surface area contributed by atoms with Crippen LogP contribution in [0.2, 0.25) is 0 Å². The number of hydrogen-bond acceptors (Lipinski definition) is 2. The van der Waals surface area contributed by atoms with E-state index in [0.717, 1.165) is 44.9 Å². The predicted octanol–water partition coefficient (Wildman–Crippen LogP) is 1.60. The molecule has 0 saturated heterocycles. The van der Waals surface area contributed by atoms with Gasteiger partial charge in [0.2, 0.25) is 5.91 Å². The smallest absolute Gasteiger partial charge is 0.220 e. The van der Waals surface area contributed by atoms with Gasteiger partial charge in [0.25, 0.3) is 0 Å². The molecule has 0 heterocycles. The van der Waals surface area contributed by atoms with Crippen molar-refractivity contribution in [2.45, 2.75) is 63.5 Å². The normalized spacial score (nSPS) is 24.8. The lowest BCUT2D eigenvalue weighted by molar-refractivity contribution is -0.123. The molecule has 90 valence electrons. The molecule has 3 heteroatoms. The molecular weight excluding hydrogens is 202 g/mol. The number of nitrogens with one attached hydrogen (secondary N) is 1. The Morgan fingerprint density at radius 1 is 1.38 bits per heavy atom. The van der Waals surface area contributed by atoms with Gasteiger partial charge in [0.15, 0.2) is 0 Å². The monoisotopic (exact) mass is 223 g/mol. The van der Waals surface area contributed by atoms with E-state index in [-0.39, 0.29) is 18.1 Å². The van der Waals surface area contributed by atoms with Gasteiger partial charge in [-0.3, -0.25) is 4.79 Å². The molecule has 0 spiro atoms. The van der Waals surface area contributed by atoms with Crippen LogP contribution >= 0.6 is 0 Å². The summed E-state index contributed by atoms with van der Waals surface area (Å²) >= 11 is 0. The van der Waals surface area contributed by atoms with Crippen molar-refractivity contribution in [1.82, 2.24) is 5.32 Å². The van der Waals surface area contributed by atoms with E-state index in [0.29, 0.717) is 6.42 Å². The van der Waals surface area contributed by atoms with Gasteiger partial charge in [0.1, 0.15) is 0 Å². The summed E-state index contributed by atoms with van der Waals surface area (Å²) in [5.74, 6) is 2.60. The molecule has 1 rings (SSSR count). The van der Waals surface area contributed by atoms with Crippen LogP contribution in [0.5, 0.6) is 0 Å². The van der Waals surface area contributed by atoms with Gasteiger partial charge in [0.05, 0.1) is 12.1 Å². The lowest BCUT2D eigenvalue weighted by Gasteiger charge is -2.28.